The van der Waals surface area contributed by atoms with Crippen molar-refractivity contribution in [3.05, 3.63) is 179 Å². The number of aliphatic hydroxyl groups excluding tert-OH is 3. The van der Waals surface area contributed by atoms with Gasteiger partial charge in [-0.15, -0.1) is 81.2 Å². The number of aliphatic hydroxyl groups is 3. The first-order valence-corrected chi connectivity index (χ1v) is 45.6. The molecule has 6 rings (SSSR count). The SMILES string of the molecule is CC(C)(c1ccc(OCC(CCl)OC(=O)CCCl)cc1)c1ccc(OCC(COC(=O)CCCl)OC(=O)CCCl)cc1.CC(C)(c1ccc(OCC(O)CO)cc1)c1ccc(OCC(O)CCl)cc1.CN(C)CCC(=O)OCC(COc1ccc(C(C)(C)c2ccc(OCC(CCl)OC(=O)CCN(C)C)cc2)cc1)OC(=O)CCN(C)C.CNC.O=C(Cl)CCCCl. The van der Waals surface area contributed by atoms with Crippen molar-refractivity contribution in [2.45, 2.75) is 146 Å². The molecule has 6 aromatic rings. The average molecular weight is 1940 g/mol. The summed E-state index contributed by atoms with van der Waals surface area (Å²) in [6, 6.07) is 46.2. The number of carbonyl (C=O) groups is 7. The largest absolute Gasteiger partial charge is 0.491 e. The van der Waals surface area contributed by atoms with E-state index in [4.69, 9.17) is 155 Å². The standard InChI is InChI=1S/C36H54ClN3O8.C30H36Cl4O8.C21H27ClO5.C4H6Cl2O.C2H7N/c1-36(2,27-9-13-29(14-10-27)44-24-31(23-37)47-34(42)18-21-39(5)6)28-11-15-30(16-12-28)45-25-32(48-35(43)19-22-40(7)8)26-46-33(41)17-20-38(3)4;1-30(2,21-3-7-23(8-4-21)38-18-25(17-34)41-28(36)12-15-32)22-5-9-24(10-6-22)39-19-26(42-29(37)13-16-33)20-40-27(35)11-14-31;1-21(2,15-3-7-19(8-4-15)26-13-17(24)11-22)16-5-9-20(10-6-16)27-14-18(25)12-23;5-3-1-2-4(6)7;1-3-2/h9-16,31-32H,17-26H2,1-8H3;3-10,25-26H,11-20H2,1-2H3;3-10,17-18,23-25H,11-14H2,1-2H3;1-3H2;3H,1-2H3. The molecule has 127 heavy (non-hydrogen) atoms. The van der Waals surface area contributed by atoms with Gasteiger partial charge >= 0.3 is 35.8 Å². The normalized spacial score (nSPS) is 12.6. The Morgan fingerprint density at radius 3 is 0.780 bits per heavy atom. The predicted octanol–water partition coefficient (Wildman–Crippen LogP) is 14.8. The molecule has 26 nitrogen and oxygen atoms in total. The van der Waals surface area contributed by atoms with Gasteiger partial charge in [0.15, 0.2) is 12.2 Å². The smallest absolute Gasteiger partial charge is 0.307 e. The first-order chi connectivity index (χ1) is 60.4. The first-order valence-electron chi connectivity index (χ1n) is 41.5. The second-order valence-corrected chi connectivity index (χ2v) is 34.1. The summed E-state index contributed by atoms with van der Waals surface area (Å²) in [5.74, 6) is 2.65. The van der Waals surface area contributed by atoms with Crippen molar-refractivity contribution in [2.24, 2.45) is 0 Å². The minimum Gasteiger partial charge on any atom is -0.491 e. The van der Waals surface area contributed by atoms with Gasteiger partial charge in [0.05, 0.1) is 62.8 Å². The number of esters is 6. The Morgan fingerprint density at radius 1 is 0.323 bits per heavy atom. The van der Waals surface area contributed by atoms with Crippen LogP contribution in [0.15, 0.2) is 146 Å². The molecule has 0 saturated carbocycles. The molecule has 0 fully saturated rings. The molecule has 6 aromatic carbocycles. The highest BCUT2D eigenvalue weighted by Crippen LogP contribution is 2.37. The van der Waals surface area contributed by atoms with Crippen molar-refractivity contribution >= 4 is 134 Å². The number of alkyl halides is 7. The van der Waals surface area contributed by atoms with Gasteiger partial charge < -0.3 is 92.2 Å². The molecule has 0 aliphatic heterocycles. The van der Waals surface area contributed by atoms with Gasteiger partial charge in [-0.05, 0) is 181 Å². The lowest BCUT2D eigenvalue weighted by atomic mass is 9.78. The fourth-order valence-corrected chi connectivity index (χ4v) is 12.0. The number of nitrogens with one attached hydrogen (secondary N) is 1. The average Bonchev–Trinajstić information content (AvgIpc) is 0.812. The minimum absolute atomic E-state index is 0.0110. The van der Waals surface area contributed by atoms with Crippen LogP contribution in [0, 0.1) is 0 Å². The minimum atomic E-state index is -0.882. The van der Waals surface area contributed by atoms with Gasteiger partial charge in [0.25, 0.3) is 0 Å². The van der Waals surface area contributed by atoms with Crippen LogP contribution in [-0.4, -0.2) is 284 Å². The Labute approximate surface area is 790 Å². The molecular weight excluding hydrogens is 1810 g/mol. The molecular formula is C93H130Cl8N4O22. The van der Waals surface area contributed by atoms with Crippen molar-refractivity contribution in [1.29, 1.82) is 0 Å². The molecule has 0 radical (unpaired) electrons. The Hall–Kier alpha value is -7.35. The maximum Gasteiger partial charge on any atom is 0.307 e. The van der Waals surface area contributed by atoms with Crippen LogP contribution < -0.4 is 33.7 Å². The van der Waals surface area contributed by atoms with Crippen LogP contribution in [0.5, 0.6) is 34.5 Å². The van der Waals surface area contributed by atoms with E-state index in [9.17, 15) is 43.8 Å². The zero-order valence-electron chi connectivity index (χ0n) is 75.4. The molecule has 710 valence electrons. The zero-order chi connectivity index (χ0) is 94.9. The number of halogens is 8. The van der Waals surface area contributed by atoms with Crippen molar-refractivity contribution in [3.63, 3.8) is 0 Å². The van der Waals surface area contributed by atoms with Crippen LogP contribution in [-0.2, 0) is 78.2 Å². The summed E-state index contributed by atoms with van der Waals surface area (Å²) in [5, 5.41) is 30.1. The monoisotopic (exact) mass is 1930 g/mol. The topological polar surface area (TPSA) is 313 Å². The number of benzene rings is 6. The molecule has 0 aliphatic carbocycles. The van der Waals surface area contributed by atoms with Gasteiger partial charge in [0, 0.05) is 65.8 Å². The van der Waals surface area contributed by atoms with Gasteiger partial charge in [-0.1, -0.05) is 114 Å². The van der Waals surface area contributed by atoms with Crippen molar-refractivity contribution in [1.82, 2.24) is 20.0 Å². The molecule has 34 heteroatoms. The number of hydrogen-bond acceptors (Lipinski definition) is 26. The highest BCUT2D eigenvalue weighted by atomic mass is 35.5. The highest BCUT2D eigenvalue weighted by molar-refractivity contribution is 6.63. The van der Waals surface area contributed by atoms with Crippen molar-refractivity contribution in [3.8, 4) is 34.5 Å². The van der Waals surface area contributed by atoms with Gasteiger partial charge in [-0.2, -0.15) is 0 Å². The summed E-state index contributed by atoms with van der Waals surface area (Å²) in [4.78, 5) is 87.5. The number of carbonyl (C=O) groups excluding carboxylic acids is 7. The van der Waals surface area contributed by atoms with E-state index in [0.717, 1.165) is 33.4 Å². The second-order valence-electron chi connectivity index (χ2n) is 31.3. The molecule has 6 atom stereocenters. The maximum atomic E-state index is 12.4. The van der Waals surface area contributed by atoms with Gasteiger partial charge in [0.1, 0.15) is 112 Å². The Bertz CT molecular complexity index is 3970. The predicted molar refractivity (Wildman–Crippen MR) is 502 cm³/mol. The lowest BCUT2D eigenvalue weighted by molar-refractivity contribution is -0.161. The Balaban J connectivity index is 0.000000628. The van der Waals surface area contributed by atoms with Crippen LogP contribution in [0.4, 0.5) is 0 Å². The summed E-state index contributed by atoms with van der Waals surface area (Å²) in [6.45, 7) is 14.4. The fourth-order valence-electron chi connectivity index (χ4n) is 10.9. The third-order valence-corrected chi connectivity index (χ3v) is 20.6. The van der Waals surface area contributed by atoms with E-state index in [2.05, 4.69) is 46.9 Å². The fraction of sp³-hybridized carbons (Fsp3) is 0.538. The van der Waals surface area contributed by atoms with Crippen LogP contribution >= 0.6 is 92.8 Å². The van der Waals surface area contributed by atoms with E-state index in [1.165, 1.54) is 0 Å². The molecule has 4 N–H and O–H groups in total. The Kier molecular flexibility index (Phi) is 59.5. The number of ether oxygens (including phenoxy) is 12. The van der Waals surface area contributed by atoms with Crippen molar-refractivity contribution in [2.75, 3.05) is 177 Å². The van der Waals surface area contributed by atoms with E-state index in [0.29, 0.717) is 79.3 Å². The van der Waals surface area contributed by atoms with E-state index in [1.54, 1.807) is 0 Å². The quantitative estimate of drug-likeness (QED) is 0.0119. The lowest BCUT2D eigenvalue weighted by Crippen LogP contribution is -2.32. The van der Waals surface area contributed by atoms with Gasteiger partial charge in [0.2, 0.25) is 5.24 Å². The summed E-state index contributed by atoms with van der Waals surface area (Å²) < 4.78 is 66.6. The van der Waals surface area contributed by atoms with E-state index < -0.39 is 54.5 Å². The summed E-state index contributed by atoms with van der Waals surface area (Å²) in [6.07, 6.45) is -2.18. The van der Waals surface area contributed by atoms with Crippen LogP contribution in [0.1, 0.15) is 126 Å². The van der Waals surface area contributed by atoms with E-state index >= 15 is 0 Å². The van der Waals surface area contributed by atoms with E-state index in [1.807, 2.05) is 217 Å². The van der Waals surface area contributed by atoms with Crippen molar-refractivity contribution < 1.29 is 106 Å². The van der Waals surface area contributed by atoms with E-state index in [-0.39, 0.29) is 166 Å². The second kappa shape index (κ2) is 65.2. The molecule has 0 aliphatic rings. The number of hydrogen-bond donors (Lipinski definition) is 4. The number of nitrogens with zero attached hydrogens (tertiary/aromatic N) is 3. The van der Waals surface area contributed by atoms with Crippen LogP contribution in [0.2, 0.25) is 0 Å². The molecule has 0 heterocycles. The molecule has 0 spiro atoms. The highest BCUT2D eigenvalue weighted by Gasteiger charge is 2.29. The molecule has 0 saturated heterocycles. The summed E-state index contributed by atoms with van der Waals surface area (Å²) in [7, 11) is 15.1. The summed E-state index contributed by atoms with van der Waals surface area (Å²) >= 11 is 44.4. The van der Waals surface area contributed by atoms with Gasteiger partial charge in [-0.3, -0.25) is 33.6 Å². The Morgan fingerprint density at radius 2 is 0.551 bits per heavy atom. The maximum absolute atomic E-state index is 12.4. The molecule has 0 bridgehead atoms. The third kappa shape index (κ3) is 49.5. The zero-order valence-corrected chi connectivity index (χ0v) is 81.4. The third-order valence-electron chi connectivity index (χ3n) is 18.6. The summed E-state index contributed by atoms with van der Waals surface area (Å²) in [5.41, 5.74) is 5.57. The first kappa shape index (κ1) is 116. The molecule has 0 amide bonds. The van der Waals surface area contributed by atoms with Gasteiger partial charge in [-0.25, -0.2) is 0 Å². The molecule has 0 aromatic heterocycles. The molecule has 6 unspecified atom stereocenters. The van der Waals surface area contributed by atoms with Crippen LogP contribution in [0.3, 0.4) is 0 Å². The van der Waals surface area contributed by atoms with Crippen LogP contribution in [0.25, 0.3) is 0 Å². The lowest BCUT2D eigenvalue weighted by Gasteiger charge is -2.27. The number of rotatable bonds is 54.